The summed E-state index contributed by atoms with van der Waals surface area (Å²) in [7, 11) is 0. The van der Waals surface area contributed by atoms with Crippen LogP contribution in [0.15, 0.2) is 77.6 Å². The lowest BCUT2D eigenvalue weighted by atomic mass is 10.1. The second kappa shape index (κ2) is 7.29. The molecule has 0 aliphatic carbocycles. The molecule has 0 aliphatic rings. The lowest BCUT2D eigenvalue weighted by molar-refractivity contribution is 0.0430. The fraction of sp³-hybridized carbons (Fsp3) is 0.0952. The fourth-order valence-electron chi connectivity index (χ4n) is 2.73. The first-order valence-corrected chi connectivity index (χ1v) is 8.50. The second-order valence-electron chi connectivity index (χ2n) is 6.04. The normalized spacial score (nSPS) is 10.7. The van der Waals surface area contributed by atoms with Crippen molar-refractivity contribution in [2.45, 2.75) is 13.5 Å². The molecule has 0 atom stereocenters. The molecule has 0 aliphatic heterocycles. The van der Waals surface area contributed by atoms with E-state index in [0.29, 0.717) is 11.4 Å². The van der Waals surface area contributed by atoms with Gasteiger partial charge in [0.05, 0.1) is 5.56 Å². The van der Waals surface area contributed by atoms with Crippen LogP contribution in [-0.4, -0.2) is 20.7 Å². The lowest BCUT2D eigenvalue weighted by Crippen LogP contribution is -2.05. The summed E-state index contributed by atoms with van der Waals surface area (Å²) < 4.78 is 12.4. The number of carbonyl (C=O) groups excluding carboxylic acids is 1. The van der Waals surface area contributed by atoms with E-state index in [0.717, 1.165) is 16.8 Å². The molecular formula is C21H17N3O3. The first-order valence-electron chi connectivity index (χ1n) is 8.50. The number of esters is 1. The number of hydrogen-bond donors (Lipinski definition) is 0. The van der Waals surface area contributed by atoms with Crippen molar-refractivity contribution in [2.24, 2.45) is 0 Å². The van der Waals surface area contributed by atoms with Gasteiger partial charge in [-0.25, -0.2) is 4.79 Å². The van der Waals surface area contributed by atoms with Crippen LogP contribution in [0.2, 0.25) is 0 Å². The number of ether oxygens (including phenoxy) is 1. The van der Waals surface area contributed by atoms with Gasteiger partial charge in [-0.1, -0.05) is 29.4 Å². The maximum Gasteiger partial charge on any atom is 0.338 e. The van der Waals surface area contributed by atoms with Gasteiger partial charge in [0.25, 0.3) is 5.89 Å². The molecule has 0 saturated carbocycles. The number of hydrogen-bond acceptors (Lipinski definition) is 5. The Morgan fingerprint density at radius 1 is 1.04 bits per heavy atom. The predicted molar refractivity (Wildman–Crippen MR) is 99.4 cm³/mol. The van der Waals surface area contributed by atoms with Crippen LogP contribution in [0.25, 0.3) is 17.1 Å². The summed E-state index contributed by atoms with van der Waals surface area (Å²) in [5, 5.41) is 3.96. The first-order chi connectivity index (χ1) is 13.2. The van der Waals surface area contributed by atoms with E-state index < -0.39 is 5.97 Å². The molecular weight excluding hydrogens is 342 g/mol. The van der Waals surface area contributed by atoms with E-state index in [9.17, 15) is 4.79 Å². The van der Waals surface area contributed by atoms with E-state index in [-0.39, 0.29) is 12.5 Å². The van der Waals surface area contributed by atoms with E-state index in [4.69, 9.17) is 9.26 Å². The molecule has 4 rings (SSSR count). The second-order valence-corrected chi connectivity index (χ2v) is 6.04. The van der Waals surface area contributed by atoms with Crippen LogP contribution in [0.1, 0.15) is 21.8 Å². The minimum atomic E-state index is -0.440. The predicted octanol–water partition coefficient (Wildman–Crippen LogP) is 4.19. The standard InChI is InChI=1S/C21H17N3O3/c1-15-6-2-3-7-18(15)20-22-19(27-23-20)14-26-21(25)16-8-10-17(11-9-16)24-12-4-5-13-24/h2-13H,14H2,1H3. The maximum atomic E-state index is 12.2. The average molecular weight is 359 g/mol. The molecule has 134 valence electrons. The van der Waals surface area contributed by atoms with Gasteiger partial charge in [-0.3, -0.25) is 0 Å². The van der Waals surface area contributed by atoms with Gasteiger partial charge >= 0.3 is 5.97 Å². The molecule has 0 unspecified atom stereocenters. The number of nitrogens with zero attached hydrogens (tertiary/aromatic N) is 3. The topological polar surface area (TPSA) is 70.2 Å². The molecule has 0 spiro atoms. The first kappa shape index (κ1) is 16.8. The monoisotopic (exact) mass is 359 g/mol. The van der Waals surface area contributed by atoms with Crippen molar-refractivity contribution in [1.82, 2.24) is 14.7 Å². The molecule has 0 amide bonds. The van der Waals surface area contributed by atoms with Crippen LogP contribution in [-0.2, 0) is 11.3 Å². The Hall–Kier alpha value is -3.67. The summed E-state index contributed by atoms with van der Waals surface area (Å²) in [5.74, 6) is 0.297. The largest absolute Gasteiger partial charge is 0.452 e. The van der Waals surface area contributed by atoms with Crippen molar-refractivity contribution >= 4 is 5.97 Å². The minimum absolute atomic E-state index is 0.0724. The van der Waals surface area contributed by atoms with Crippen LogP contribution < -0.4 is 0 Å². The van der Waals surface area contributed by atoms with E-state index in [2.05, 4.69) is 10.1 Å². The van der Waals surface area contributed by atoms with Gasteiger partial charge in [0, 0.05) is 23.6 Å². The molecule has 2 aromatic heterocycles. The van der Waals surface area contributed by atoms with Crippen molar-refractivity contribution in [3.63, 3.8) is 0 Å². The summed E-state index contributed by atoms with van der Waals surface area (Å²) in [4.78, 5) is 16.5. The van der Waals surface area contributed by atoms with E-state index >= 15 is 0 Å². The molecule has 0 bridgehead atoms. The van der Waals surface area contributed by atoms with Crippen LogP contribution in [0.5, 0.6) is 0 Å². The SMILES string of the molecule is Cc1ccccc1-c1noc(COC(=O)c2ccc(-n3cccc3)cc2)n1. The molecule has 0 fully saturated rings. The highest BCUT2D eigenvalue weighted by atomic mass is 16.6. The quantitative estimate of drug-likeness (QED) is 0.500. The Balaban J connectivity index is 1.40. The molecule has 2 aromatic carbocycles. The van der Waals surface area contributed by atoms with Crippen LogP contribution in [0.3, 0.4) is 0 Å². The Morgan fingerprint density at radius 2 is 1.78 bits per heavy atom. The molecule has 27 heavy (non-hydrogen) atoms. The summed E-state index contributed by atoms with van der Waals surface area (Å²) in [6, 6.07) is 18.8. The zero-order chi connectivity index (χ0) is 18.6. The third kappa shape index (κ3) is 3.64. The third-order valence-electron chi connectivity index (χ3n) is 4.19. The highest BCUT2D eigenvalue weighted by Crippen LogP contribution is 2.20. The molecule has 4 aromatic rings. The van der Waals surface area contributed by atoms with Gasteiger partial charge in [0.1, 0.15) is 0 Å². The molecule has 0 radical (unpaired) electrons. The van der Waals surface area contributed by atoms with Gasteiger partial charge in [0.15, 0.2) is 6.61 Å². The number of carbonyl (C=O) groups is 1. The van der Waals surface area contributed by atoms with Gasteiger partial charge in [-0.05, 0) is 48.9 Å². The Kier molecular flexibility index (Phi) is 4.53. The average Bonchev–Trinajstić information content (AvgIpc) is 3.39. The molecule has 6 nitrogen and oxygen atoms in total. The molecule has 2 heterocycles. The Labute approximate surface area is 156 Å². The zero-order valence-electron chi connectivity index (χ0n) is 14.7. The van der Waals surface area contributed by atoms with Crippen molar-refractivity contribution < 1.29 is 14.1 Å². The number of rotatable bonds is 5. The van der Waals surface area contributed by atoms with Crippen molar-refractivity contribution in [1.29, 1.82) is 0 Å². The van der Waals surface area contributed by atoms with Crippen LogP contribution in [0, 0.1) is 6.92 Å². The van der Waals surface area contributed by atoms with Crippen molar-refractivity contribution in [3.8, 4) is 17.1 Å². The van der Waals surface area contributed by atoms with Crippen LogP contribution >= 0.6 is 0 Å². The molecule has 6 heteroatoms. The number of benzene rings is 2. The fourth-order valence-corrected chi connectivity index (χ4v) is 2.73. The van der Waals surface area contributed by atoms with Gasteiger partial charge in [-0.15, -0.1) is 0 Å². The Morgan fingerprint density at radius 3 is 2.52 bits per heavy atom. The highest BCUT2D eigenvalue weighted by molar-refractivity contribution is 5.89. The smallest absolute Gasteiger partial charge is 0.338 e. The summed E-state index contributed by atoms with van der Waals surface area (Å²) in [6.07, 6.45) is 3.88. The van der Waals surface area contributed by atoms with Crippen LogP contribution in [0.4, 0.5) is 0 Å². The van der Waals surface area contributed by atoms with Crippen molar-refractivity contribution in [2.75, 3.05) is 0 Å². The third-order valence-corrected chi connectivity index (χ3v) is 4.19. The maximum absolute atomic E-state index is 12.2. The summed E-state index contributed by atoms with van der Waals surface area (Å²) >= 11 is 0. The van der Waals surface area contributed by atoms with Crippen molar-refractivity contribution in [3.05, 3.63) is 90.1 Å². The summed E-state index contributed by atoms with van der Waals surface area (Å²) in [5.41, 5.74) is 3.37. The van der Waals surface area contributed by atoms with Gasteiger partial charge < -0.3 is 13.8 Å². The van der Waals surface area contributed by atoms with E-state index in [1.807, 2.05) is 72.4 Å². The highest BCUT2D eigenvalue weighted by Gasteiger charge is 2.13. The number of aromatic nitrogens is 3. The van der Waals surface area contributed by atoms with Gasteiger partial charge in [0.2, 0.25) is 5.82 Å². The van der Waals surface area contributed by atoms with E-state index in [1.54, 1.807) is 12.1 Å². The van der Waals surface area contributed by atoms with E-state index in [1.165, 1.54) is 0 Å². The molecule has 0 saturated heterocycles. The number of aryl methyl sites for hydroxylation is 1. The minimum Gasteiger partial charge on any atom is -0.452 e. The zero-order valence-corrected chi connectivity index (χ0v) is 14.7. The summed E-state index contributed by atoms with van der Waals surface area (Å²) in [6.45, 7) is 1.90. The lowest BCUT2D eigenvalue weighted by Gasteiger charge is -2.05. The molecule has 0 N–H and O–H groups in total. The Bertz CT molecular complexity index is 1050. The van der Waals surface area contributed by atoms with Gasteiger partial charge in [-0.2, -0.15) is 4.98 Å².